The largest absolute Gasteiger partial charge is 0.315 e. The third kappa shape index (κ3) is 1.96. The maximum absolute atomic E-state index is 12.8. The van der Waals surface area contributed by atoms with Crippen molar-refractivity contribution < 1.29 is 24.1 Å². The number of rotatable bonds is 4. The lowest BCUT2D eigenvalue weighted by atomic mass is 9.78. The van der Waals surface area contributed by atoms with Crippen molar-refractivity contribution in [2.75, 3.05) is 0 Å². The number of ketones is 1. The van der Waals surface area contributed by atoms with Gasteiger partial charge in [-0.25, -0.2) is 4.89 Å². The monoisotopic (exact) mass is 302 g/mol. The number of carbonyl (C=O) groups excluding carboxylic acids is 2. The highest BCUT2D eigenvalue weighted by atomic mass is 17.3. The van der Waals surface area contributed by atoms with E-state index in [1.165, 1.54) is 0 Å². The summed E-state index contributed by atoms with van der Waals surface area (Å²) in [5, 5.41) is 0. The molecule has 2 aliphatic heterocycles. The molecule has 0 radical (unpaired) electrons. The first kappa shape index (κ1) is 14.1. The fourth-order valence-corrected chi connectivity index (χ4v) is 4.34. The summed E-state index contributed by atoms with van der Waals surface area (Å²) in [4.78, 5) is 34.7. The highest BCUT2D eigenvalue weighted by Crippen LogP contribution is 2.59. The Balaban J connectivity index is 1.61. The molecule has 1 aromatic rings. The maximum atomic E-state index is 12.8. The molecule has 2 saturated heterocycles. The van der Waals surface area contributed by atoms with Crippen LogP contribution < -0.4 is 0 Å². The van der Waals surface area contributed by atoms with E-state index in [2.05, 4.69) is 0 Å². The van der Waals surface area contributed by atoms with Gasteiger partial charge in [0.25, 0.3) is 0 Å². The zero-order valence-corrected chi connectivity index (χ0v) is 12.3. The fraction of sp³-hybridized carbons (Fsp3) is 0.529. The first-order valence-electron chi connectivity index (χ1n) is 7.66. The normalized spacial score (nSPS) is 42.3. The van der Waals surface area contributed by atoms with Crippen LogP contribution in [0.1, 0.15) is 18.9 Å². The molecule has 5 nitrogen and oxygen atoms in total. The van der Waals surface area contributed by atoms with E-state index in [0.29, 0.717) is 12.8 Å². The second-order valence-corrected chi connectivity index (χ2v) is 6.56. The summed E-state index contributed by atoms with van der Waals surface area (Å²) in [5.74, 6) is -1.53. The van der Waals surface area contributed by atoms with E-state index >= 15 is 0 Å². The SMILES string of the molecule is C[C@@]12OO[C@@H](O1)[C@@H]1C[C@H](C=O)[C@H](C(=O)Cc3ccccc3)[C@@H]12. The summed E-state index contributed by atoms with van der Waals surface area (Å²) in [6.45, 7) is 1.80. The number of benzene rings is 1. The van der Waals surface area contributed by atoms with Crippen molar-refractivity contribution in [3.8, 4) is 0 Å². The molecule has 3 aliphatic rings. The van der Waals surface area contributed by atoms with Gasteiger partial charge in [0.15, 0.2) is 6.29 Å². The molecule has 0 aromatic heterocycles. The topological polar surface area (TPSA) is 61.8 Å². The Morgan fingerprint density at radius 3 is 2.86 bits per heavy atom. The standard InChI is InChI=1S/C17H18O5/c1-17-15-12(16(20-17)21-22-17)8-11(9-18)14(15)13(19)7-10-5-3-2-4-6-10/h2-6,9,11-12,14-16H,7-8H2,1H3/t11-,12-,14-,15-,16-,17+/m1/s1. The van der Waals surface area contributed by atoms with Gasteiger partial charge in [0.1, 0.15) is 12.1 Å². The average molecular weight is 302 g/mol. The second-order valence-electron chi connectivity index (χ2n) is 6.56. The Morgan fingerprint density at radius 2 is 2.14 bits per heavy atom. The van der Waals surface area contributed by atoms with Crippen molar-refractivity contribution in [1.29, 1.82) is 0 Å². The van der Waals surface area contributed by atoms with Gasteiger partial charge >= 0.3 is 0 Å². The molecular formula is C17H18O5. The Morgan fingerprint density at radius 1 is 1.36 bits per heavy atom. The molecule has 22 heavy (non-hydrogen) atoms. The van der Waals surface area contributed by atoms with Crippen LogP contribution in [0.15, 0.2) is 30.3 Å². The number of carbonyl (C=O) groups is 2. The highest BCUT2D eigenvalue weighted by Gasteiger charge is 2.68. The van der Waals surface area contributed by atoms with Gasteiger partial charge in [0.05, 0.1) is 0 Å². The second kappa shape index (κ2) is 4.98. The molecule has 3 fully saturated rings. The minimum Gasteiger partial charge on any atom is -0.315 e. The molecular weight excluding hydrogens is 284 g/mol. The molecule has 1 aromatic carbocycles. The van der Waals surface area contributed by atoms with Crippen molar-refractivity contribution in [3.05, 3.63) is 35.9 Å². The van der Waals surface area contributed by atoms with Crippen molar-refractivity contribution in [2.24, 2.45) is 23.7 Å². The molecule has 5 heteroatoms. The summed E-state index contributed by atoms with van der Waals surface area (Å²) < 4.78 is 5.74. The number of fused-ring (bicyclic) bond motifs is 5. The van der Waals surface area contributed by atoms with E-state index < -0.39 is 12.1 Å². The van der Waals surface area contributed by atoms with E-state index in [1.807, 2.05) is 30.3 Å². The van der Waals surface area contributed by atoms with Crippen LogP contribution in [0.3, 0.4) is 0 Å². The van der Waals surface area contributed by atoms with Gasteiger partial charge in [-0.2, -0.15) is 4.89 Å². The molecule has 1 saturated carbocycles. The minimum absolute atomic E-state index is 0.0543. The van der Waals surface area contributed by atoms with Crippen molar-refractivity contribution in [1.82, 2.24) is 0 Å². The summed E-state index contributed by atoms with van der Waals surface area (Å²) >= 11 is 0. The maximum Gasteiger partial charge on any atom is 0.205 e. The van der Waals surface area contributed by atoms with Gasteiger partial charge in [0.2, 0.25) is 5.79 Å². The molecule has 6 atom stereocenters. The van der Waals surface area contributed by atoms with Crippen LogP contribution in [0, 0.1) is 23.7 Å². The van der Waals surface area contributed by atoms with E-state index in [4.69, 9.17) is 14.5 Å². The number of hydrogen-bond acceptors (Lipinski definition) is 5. The molecule has 0 amide bonds. The van der Waals surface area contributed by atoms with Gasteiger partial charge < -0.3 is 9.53 Å². The molecule has 0 unspecified atom stereocenters. The lowest BCUT2D eigenvalue weighted by molar-refractivity contribution is -0.371. The number of ether oxygens (including phenoxy) is 1. The molecule has 2 bridgehead atoms. The quantitative estimate of drug-likeness (QED) is 0.628. The number of hydrogen-bond donors (Lipinski definition) is 0. The summed E-state index contributed by atoms with van der Waals surface area (Å²) in [5.41, 5.74) is 0.965. The van der Waals surface area contributed by atoms with Crippen LogP contribution in [-0.2, 0) is 30.5 Å². The van der Waals surface area contributed by atoms with Crippen LogP contribution in [0.2, 0.25) is 0 Å². The van der Waals surface area contributed by atoms with E-state index in [-0.39, 0.29) is 29.5 Å². The molecule has 0 spiro atoms. The average Bonchev–Trinajstić information content (AvgIpc) is 3.16. The lowest BCUT2D eigenvalue weighted by Crippen LogP contribution is -2.42. The van der Waals surface area contributed by atoms with Crippen LogP contribution in [-0.4, -0.2) is 24.1 Å². The first-order valence-corrected chi connectivity index (χ1v) is 7.66. The van der Waals surface area contributed by atoms with E-state index in [9.17, 15) is 9.59 Å². The zero-order valence-electron chi connectivity index (χ0n) is 12.3. The molecule has 2 heterocycles. The van der Waals surface area contributed by atoms with Gasteiger partial charge in [0, 0.05) is 30.1 Å². The summed E-state index contributed by atoms with van der Waals surface area (Å²) in [6, 6.07) is 9.61. The van der Waals surface area contributed by atoms with Gasteiger partial charge in [-0.3, -0.25) is 4.79 Å². The number of aldehydes is 1. The van der Waals surface area contributed by atoms with Crippen LogP contribution in [0.25, 0.3) is 0 Å². The van der Waals surface area contributed by atoms with Crippen molar-refractivity contribution in [3.63, 3.8) is 0 Å². The Bertz CT molecular complexity index is 600. The van der Waals surface area contributed by atoms with E-state index in [1.54, 1.807) is 6.92 Å². The van der Waals surface area contributed by atoms with Gasteiger partial charge in [-0.05, 0) is 18.9 Å². The third-order valence-corrected chi connectivity index (χ3v) is 5.24. The Kier molecular flexibility index (Phi) is 3.18. The lowest BCUT2D eigenvalue weighted by Gasteiger charge is -2.31. The molecule has 0 N–H and O–H groups in total. The van der Waals surface area contributed by atoms with Crippen LogP contribution in [0.5, 0.6) is 0 Å². The van der Waals surface area contributed by atoms with Crippen molar-refractivity contribution in [2.45, 2.75) is 31.8 Å². The smallest absolute Gasteiger partial charge is 0.205 e. The Labute approximate surface area is 128 Å². The van der Waals surface area contributed by atoms with Crippen molar-refractivity contribution >= 4 is 12.1 Å². The third-order valence-electron chi connectivity index (χ3n) is 5.24. The van der Waals surface area contributed by atoms with Gasteiger partial charge in [-0.15, -0.1) is 0 Å². The minimum atomic E-state index is -0.913. The predicted octanol–water partition coefficient (Wildman–Crippen LogP) is 1.90. The fourth-order valence-electron chi connectivity index (χ4n) is 4.34. The summed E-state index contributed by atoms with van der Waals surface area (Å²) in [6.07, 6.45) is 1.42. The van der Waals surface area contributed by atoms with Crippen LogP contribution >= 0.6 is 0 Å². The summed E-state index contributed by atoms with van der Waals surface area (Å²) in [7, 11) is 0. The molecule has 116 valence electrons. The molecule has 1 aliphatic carbocycles. The predicted molar refractivity (Wildman–Crippen MR) is 75.2 cm³/mol. The van der Waals surface area contributed by atoms with Crippen LogP contribution in [0.4, 0.5) is 0 Å². The van der Waals surface area contributed by atoms with E-state index in [0.717, 1.165) is 11.8 Å². The zero-order chi connectivity index (χ0) is 15.3. The number of Topliss-reactive ketones (excluding diaryl/α,β-unsaturated/α-hetero) is 1. The first-order chi connectivity index (χ1) is 10.6. The Hall–Kier alpha value is -1.56. The molecule has 4 rings (SSSR count). The van der Waals surface area contributed by atoms with Gasteiger partial charge in [-0.1, -0.05) is 30.3 Å². The highest BCUT2D eigenvalue weighted by molar-refractivity contribution is 5.87.